The lowest BCUT2D eigenvalue weighted by atomic mass is 9.88. The molecule has 0 saturated carbocycles. The van der Waals surface area contributed by atoms with E-state index in [1.54, 1.807) is 0 Å². The Balaban J connectivity index is 1.57. The molecule has 1 fully saturated rings. The second-order valence-corrected chi connectivity index (χ2v) is 9.61. The van der Waals surface area contributed by atoms with Crippen molar-refractivity contribution in [2.45, 2.75) is 57.3 Å². The molecule has 3 aromatic rings. The Kier molecular flexibility index (Phi) is 6.72. The molecule has 2 aromatic heterocycles. The van der Waals surface area contributed by atoms with Crippen molar-refractivity contribution in [3.63, 3.8) is 0 Å². The fourth-order valence-corrected chi connectivity index (χ4v) is 4.11. The van der Waals surface area contributed by atoms with Gasteiger partial charge in [0.15, 0.2) is 0 Å². The van der Waals surface area contributed by atoms with Gasteiger partial charge in [0.1, 0.15) is 12.2 Å². The fraction of sp³-hybridized carbons (Fsp3) is 0.400. The molecule has 8 nitrogen and oxygen atoms in total. The summed E-state index contributed by atoms with van der Waals surface area (Å²) in [7, 11) is 0. The Morgan fingerprint density at radius 2 is 1.94 bits per heavy atom. The molecule has 4 rings (SSSR count). The molecular formula is C25H29FN6O2. The van der Waals surface area contributed by atoms with Crippen molar-refractivity contribution in [2.24, 2.45) is 0 Å². The zero-order valence-electron chi connectivity index (χ0n) is 19.5. The number of rotatable bonds is 6. The monoisotopic (exact) mass is 464 g/mol. The van der Waals surface area contributed by atoms with E-state index < -0.39 is 24.2 Å². The van der Waals surface area contributed by atoms with E-state index >= 15 is 0 Å². The van der Waals surface area contributed by atoms with Crippen LogP contribution in [-0.2, 0) is 21.4 Å². The van der Waals surface area contributed by atoms with Crippen LogP contribution < -0.4 is 5.32 Å². The van der Waals surface area contributed by atoms with Crippen LogP contribution in [0.25, 0.3) is 0 Å². The van der Waals surface area contributed by atoms with Gasteiger partial charge in [-0.3, -0.25) is 14.6 Å². The Bertz CT molecular complexity index is 1110. The lowest BCUT2D eigenvalue weighted by molar-refractivity contribution is -0.138. The number of likely N-dealkylation sites (tertiary alicyclic amines) is 1. The number of amides is 2. The second kappa shape index (κ2) is 9.70. The van der Waals surface area contributed by atoms with Gasteiger partial charge in [-0.1, -0.05) is 57.2 Å². The van der Waals surface area contributed by atoms with E-state index in [-0.39, 0.29) is 30.7 Å². The number of nitrogens with one attached hydrogen (secondary N) is 2. The number of nitrogens with zero attached hydrogens (tertiary/aromatic N) is 4. The largest absolute Gasteiger partial charge is 0.342 e. The van der Waals surface area contributed by atoms with E-state index in [0.29, 0.717) is 11.4 Å². The number of H-pyrrole nitrogens is 1. The molecule has 1 aromatic carbocycles. The third-order valence-corrected chi connectivity index (χ3v) is 6.04. The molecule has 1 saturated heterocycles. The summed E-state index contributed by atoms with van der Waals surface area (Å²) in [6.45, 7) is 6.21. The van der Waals surface area contributed by atoms with Crippen LogP contribution >= 0.6 is 0 Å². The Morgan fingerprint density at radius 3 is 2.56 bits per heavy atom. The zero-order chi connectivity index (χ0) is 24.3. The van der Waals surface area contributed by atoms with Crippen LogP contribution in [0.4, 0.5) is 4.39 Å². The molecule has 178 valence electrons. The lowest BCUT2D eigenvalue weighted by Gasteiger charge is -2.27. The Hall–Kier alpha value is -3.62. The van der Waals surface area contributed by atoms with Gasteiger partial charge in [-0.2, -0.15) is 15.4 Å². The highest BCUT2D eigenvalue weighted by Gasteiger charge is 2.40. The van der Waals surface area contributed by atoms with Crippen molar-refractivity contribution in [2.75, 3.05) is 6.54 Å². The van der Waals surface area contributed by atoms with Crippen molar-refractivity contribution in [3.8, 4) is 0 Å². The summed E-state index contributed by atoms with van der Waals surface area (Å²) in [5.74, 6) is -0.776. The maximum Gasteiger partial charge on any atom is 0.243 e. The molecule has 0 spiro atoms. The minimum atomic E-state index is -1.27. The molecule has 1 aliphatic rings. The molecule has 9 heteroatoms. The highest BCUT2D eigenvalue weighted by molar-refractivity contribution is 5.89. The van der Waals surface area contributed by atoms with Gasteiger partial charge in [0.2, 0.25) is 11.8 Å². The van der Waals surface area contributed by atoms with Gasteiger partial charge in [0.25, 0.3) is 0 Å². The molecule has 1 unspecified atom stereocenters. The van der Waals surface area contributed by atoms with Crippen molar-refractivity contribution >= 4 is 11.8 Å². The Labute approximate surface area is 198 Å². The van der Waals surface area contributed by atoms with Gasteiger partial charge >= 0.3 is 0 Å². The van der Waals surface area contributed by atoms with E-state index in [1.165, 1.54) is 11.1 Å². The maximum atomic E-state index is 14.3. The smallest absolute Gasteiger partial charge is 0.243 e. The summed E-state index contributed by atoms with van der Waals surface area (Å²) in [6.07, 6.45) is 1.89. The number of aromatic nitrogens is 4. The average molecular weight is 465 g/mol. The summed E-state index contributed by atoms with van der Waals surface area (Å²) >= 11 is 0. The highest BCUT2D eigenvalue weighted by Crippen LogP contribution is 2.27. The van der Waals surface area contributed by atoms with Crippen LogP contribution in [0.2, 0.25) is 0 Å². The molecule has 3 heterocycles. The summed E-state index contributed by atoms with van der Waals surface area (Å²) < 4.78 is 14.3. The van der Waals surface area contributed by atoms with Crippen molar-refractivity contribution < 1.29 is 14.0 Å². The first-order chi connectivity index (χ1) is 16.2. The molecule has 3 atom stereocenters. The summed E-state index contributed by atoms with van der Waals surface area (Å²) in [5.41, 5.74) is 2.98. The van der Waals surface area contributed by atoms with Crippen LogP contribution in [0.1, 0.15) is 55.7 Å². The summed E-state index contributed by atoms with van der Waals surface area (Å²) in [4.78, 5) is 32.1. The first-order valence-corrected chi connectivity index (χ1v) is 11.3. The topological polar surface area (TPSA) is 104 Å². The molecule has 2 N–H and O–H groups in total. The fourth-order valence-electron chi connectivity index (χ4n) is 4.11. The summed E-state index contributed by atoms with van der Waals surface area (Å²) in [6, 6.07) is 12.0. The number of hydrogen-bond donors (Lipinski definition) is 2. The third kappa shape index (κ3) is 5.30. The quantitative estimate of drug-likeness (QED) is 0.584. The van der Waals surface area contributed by atoms with Gasteiger partial charge < -0.3 is 10.2 Å². The molecule has 0 radical (unpaired) electrons. The van der Waals surface area contributed by atoms with Crippen molar-refractivity contribution in [1.82, 2.24) is 30.6 Å². The molecule has 1 aliphatic heterocycles. The lowest BCUT2D eigenvalue weighted by Crippen LogP contribution is -2.47. The minimum Gasteiger partial charge on any atom is -0.342 e. The normalized spacial score (nSPS) is 19.1. The molecule has 34 heavy (non-hydrogen) atoms. The highest BCUT2D eigenvalue weighted by atomic mass is 19.1. The number of pyridine rings is 1. The summed E-state index contributed by atoms with van der Waals surface area (Å²) in [5, 5.41) is 13.0. The molecular weight excluding hydrogens is 435 g/mol. The number of alkyl halides is 1. The van der Waals surface area contributed by atoms with Crippen molar-refractivity contribution in [3.05, 3.63) is 77.4 Å². The number of aromatic amines is 1. The van der Waals surface area contributed by atoms with Crippen LogP contribution in [0.15, 0.2) is 54.9 Å². The van der Waals surface area contributed by atoms with E-state index in [2.05, 4.69) is 46.5 Å². The van der Waals surface area contributed by atoms with Crippen molar-refractivity contribution in [1.29, 1.82) is 0 Å². The van der Waals surface area contributed by atoms with Gasteiger partial charge in [0, 0.05) is 12.6 Å². The first-order valence-electron chi connectivity index (χ1n) is 11.3. The van der Waals surface area contributed by atoms with E-state index in [9.17, 15) is 14.0 Å². The van der Waals surface area contributed by atoms with Crippen LogP contribution in [0, 0.1) is 0 Å². The van der Waals surface area contributed by atoms with Crippen LogP contribution in [-0.4, -0.2) is 55.9 Å². The van der Waals surface area contributed by atoms with E-state index in [0.717, 1.165) is 11.1 Å². The van der Waals surface area contributed by atoms with Gasteiger partial charge in [-0.15, -0.1) is 0 Å². The predicted molar refractivity (Wildman–Crippen MR) is 124 cm³/mol. The number of carbonyl (C=O) groups excluding carboxylic acids is 2. The molecule has 0 bridgehead atoms. The predicted octanol–water partition coefficient (Wildman–Crippen LogP) is 2.88. The van der Waals surface area contributed by atoms with E-state index in [1.807, 2.05) is 48.7 Å². The van der Waals surface area contributed by atoms with Crippen LogP contribution in [0.5, 0.6) is 0 Å². The minimum absolute atomic E-state index is 0.0473. The van der Waals surface area contributed by atoms with E-state index in [4.69, 9.17) is 0 Å². The number of benzene rings is 1. The van der Waals surface area contributed by atoms with Gasteiger partial charge in [-0.25, -0.2) is 4.39 Å². The third-order valence-electron chi connectivity index (χ3n) is 6.04. The second-order valence-electron chi connectivity index (χ2n) is 9.61. The van der Waals surface area contributed by atoms with Crippen LogP contribution in [0.3, 0.4) is 0 Å². The SMILES string of the molecule is CC(C)(C)c1ccc(C(NC(=O)[C@@H]2C[C@@H](F)CN2C(=O)Cc2cn[nH]n2)c2ccccc2)nc1. The Morgan fingerprint density at radius 1 is 1.18 bits per heavy atom. The first kappa shape index (κ1) is 23.5. The average Bonchev–Trinajstić information content (AvgIpc) is 3.47. The number of carbonyl (C=O) groups is 2. The van der Waals surface area contributed by atoms with Gasteiger partial charge in [-0.05, 0) is 22.6 Å². The number of halogens is 1. The molecule has 2 amide bonds. The zero-order valence-corrected chi connectivity index (χ0v) is 19.5. The standard InChI is InChI=1S/C25H29FN6O2/c1-25(2,3)17-9-10-20(27-13-17)23(16-7-5-4-6-8-16)29-24(34)21-11-18(26)15-32(21)22(33)12-19-14-28-31-30-19/h4-10,13-14,18,21,23H,11-12,15H2,1-3H3,(H,29,34)(H,28,30,31)/t18-,21+,23?/m1/s1. The number of hydrogen-bond acceptors (Lipinski definition) is 5. The maximum absolute atomic E-state index is 14.3. The molecule has 0 aliphatic carbocycles. The van der Waals surface area contributed by atoms with Gasteiger partial charge in [0.05, 0.1) is 36.6 Å².